The standard InChI is InChI=1S/CH3NO2SeTe/c3-1(4)2(5)6/h5-6H,(H,3,4). The molecule has 1 amide bonds. The van der Waals surface area contributed by atoms with Crippen molar-refractivity contribution in [1.29, 1.82) is 0 Å². The maximum absolute atomic E-state index is 9.62. The summed E-state index contributed by atoms with van der Waals surface area (Å²) in [5.41, 5.74) is 0. The average Bonchev–Trinajstić information content (AvgIpc) is 1.36. The number of carbonyl (C=O) groups is 1. The van der Waals surface area contributed by atoms with E-state index in [1.165, 1.54) is 0 Å². The van der Waals surface area contributed by atoms with Crippen molar-refractivity contribution in [3.05, 3.63) is 0 Å². The Hall–Kier alpha value is 0.579. The third kappa shape index (κ3) is 2.80. The van der Waals surface area contributed by atoms with Crippen LogP contribution in [0.5, 0.6) is 0 Å². The molecule has 0 aromatic heterocycles. The molecule has 0 bridgehead atoms. The van der Waals surface area contributed by atoms with Crippen molar-refractivity contribution >= 4 is 44.9 Å². The topological polar surface area (TPSA) is 40.5 Å². The van der Waals surface area contributed by atoms with Crippen LogP contribution in [-0.2, 0) is 0 Å². The number of carboxylic acid groups (broad SMARTS) is 1. The van der Waals surface area contributed by atoms with E-state index in [4.69, 9.17) is 5.11 Å². The van der Waals surface area contributed by atoms with Crippen LogP contribution in [0, 0.1) is 0 Å². The average molecular weight is 268 g/mol. The second-order valence-electron chi connectivity index (χ2n) is 0.572. The van der Waals surface area contributed by atoms with Crippen molar-refractivity contribution in [2.45, 2.75) is 0 Å². The third-order valence-corrected chi connectivity index (χ3v) is 1.02. The first kappa shape index (κ1) is 6.58. The van der Waals surface area contributed by atoms with E-state index in [9.17, 15) is 4.79 Å². The molecule has 0 unspecified atom stereocenters. The molecule has 0 heterocycles. The van der Waals surface area contributed by atoms with Crippen molar-refractivity contribution in [3.63, 3.8) is 0 Å². The summed E-state index contributed by atoms with van der Waals surface area (Å²) in [5.74, 6) is 0. The molecule has 0 atom stereocenters. The fourth-order valence-corrected chi connectivity index (χ4v) is 0. The van der Waals surface area contributed by atoms with E-state index in [1.54, 1.807) is 0 Å². The quantitative estimate of drug-likeness (QED) is 0.549. The van der Waals surface area contributed by atoms with Crippen LogP contribution in [0.4, 0.5) is 4.79 Å². The van der Waals surface area contributed by atoms with Crippen LogP contribution < -0.4 is 0 Å². The van der Waals surface area contributed by atoms with E-state index in [2.05, 4.69) is 0 Å². The van der Waals surface area contributed by atoms with Gasteiger partial charge < -0.3 is 0 Å². The minimum atomic E-state index is -0.913. The molecule has 6 heavy (non-hydrogen) atoms. The van der Waals surface area contributed by atoms with E-state index in [-0.39, 0.29) is 0 Å². The molecule has 0 aliphatic heterocycles. The molecule has 0 rings (SSSR count). The SMILES string of the molecule is O=C(O)N([SeH])[TeH]. The van der Waals surface area contributed by atoms with Crippen LogP contribution in [0.2, 0.25) is 0 Å². The summed E-state index contributed by atoms with van der Waals surface area (Å²) in [6, 6.07) is 0. The van der Waals surface area contributed by atoms with Gasteiger partial charge in [-0.2, -0.15) is 0 Å². The Labute approximate surface area is 57.0 Å². The number of nitrogens with zero attached hydrogens (tertiary/aromatic N) is 1. The molecule has 0 aliphatic rings. The Kier molecular flexibility index (Phi) is 2.96. The van der Waals surface area contributed by atoms with Gasteiger partial charge in [-0.25, -0.2) is 0 Å². The summed E-state index contributed by atoms with van der Waals surface area (Å²) < 4.78 is 1.07. The van der Waals surface area contributed by atoms with Crippen LogP contribution in [0.15, 0.2) is 0 Å². The van der Waals surface area contributed by atoms with Crippen LogP contribution in [-0.4, -0.2) is 52.2 Å². The molecule has 0 aromatic carbocycles. The zero-order valence-electron chi connectivity index (χ0n) is 2.70. The minimum absolute atomic E-state index is 0.913. The molecule has 36 valence electrons. The molecule has 5 heteroatoms. The third-order valence-electron chi connectivity index (χ3n) is 0.171. The summed E-state index contributed by atoms with van der Waals surface area (Å²) in [6.45, 7) is 0. The molecule has 3 nitrogen and oxygen atoms in total. The Balaban J connectivity index is 3.26. The van der Waals surface area contributed by atoms with E-state index in [0.29, 0.717) is 0 Å². The molecule has 0 fully saturated rings. The maximum atomic E-state index is 9.62. The van der Waals surface area contributed by atoms with Gasteiger partial charge in [0.15, 0.2) is 0 Å². The van der Waals surface area contributed by atoms with Gasteiger partial charge in [-0.15, -0.1) is 0 Å². The first-order valence-electron chi connectivity index (χ1n) is 1.05. The van der Waals surface area contributed by atoms with Crippen molar-refractivity contribution in [2.24, 2.45) is 0 Å². The molecule has 0 spiro atoms. The first-order valence-corrected chi connectivity index (χ1v) is 3.03. The Bertz CT molecular complexity index is 64.6. The number of hydrogen-bond donors (Lipinski definition) is 1. The van der Waals surface area contributed by atoms with Crippen molar-refractivity contribution < 1.29 is 9.90 Å². The fraction of sp³-hybridized carbons (Fsp3) is 0. The van der Waals surface area contributed by atoms with E-state index in [1.807, 2.05) is 16.2 Å². The van der Waals surface area contributed by atoms with Gasteiger partial charge in [-0.1, -0.05) is 0 Å². The zero-order chi connectivity index (χ0) is 5.15. The van der Waals surface area contributed by atoms with Gasteiger partial charge in [0.25, 0.3) is 0 Å². The normalized spacial score (nSPS) is 7.67. The van der Waals surface area contributed by atoms with Crippen LogP contribution >= 0.6 is 0 Å². The second-order valence-corrected chi connectivity index (χ2v) is 4.59. The Morgan fingerprint density at radius 3 is 2.17 bits per heavy atom. The number of hydrogen-bond acceptors (Lipinski definition) is 1. The zero-order valence-corrected chi connectivity index (χ0v) is 7.13. The molecule has 1 N–H and O–H groups in total. The van der Waals surface area contributed by atoms with Gasteiger partial charge in [0, 0.05) is 0 Å². The van der Waals surface area contributed by atoms with E-state index < -0.39 is 6.09 Å². The van der Waals surface area contributed by atoms with E-state index >= 15 is 0 Å². The molecule has 0 radical (unpaired) electrons. The first-order chi connectivity index (χ1) is 2.64. The van der Waals surface area contributed by atoms with Crippen LogP contribution in [0.25, 0.3) is 0 Å². The van der Waals surface area contributed by atoms with Crippen LogP contribution in [0.3, 0.4) is 0 Å². The summed E-state index contributed by atoms with van der Waals surface area (Å²) >= 11 is 3.02. The Morgan fingerprint density at radius 2 is 2.17 bits per heavy atom. The summed E-state index contributed by atoms with van der Waals surface area (Å²) in [7, 11) is 0. The monoisotopic (exact) mass is 271 g/mol. The van der Waals surface area contributed by atoms with Crippen molar-refractivity contribution in [1.82, 2.24) is 2.17 Å². The molecular weight excluding hydrogens is 265 g/mol. The van der Waals surface area contributed by atoms with Gasteiger partial charge in [-0.05, 0) is 0 Å². The molecule has 0 aliphatic carbocycles. The van der Waals surface area contributed by atoms with Gasteiger partial charge >= 0.3 is 57.0 Å². The van der Waals surface area contributed by atoms with Gasteiger partial charge in [0.2, 0.25) is 0 Å². The number of amides is 1. The molecule has 0 aromatic rings. The number of rotatable bonds is 0. The fourth-order valence-electron chi connectivity index (χ4n) is 0. The molecule has 0 saturated carbocycles. The van der Waals surface area contributed by atoms with Gasteiger partial charge in [-0.3, -0.25) is 0 Å². The Morgan fingerprint density at radius 1 is 2.00 bits per heavy atom. The van der Waals surface area contributed by atoms with Crippen molar-refractivity contribution in [3.8, 4) is 0 Å². The molecule has 0 saturated heterocycles. The summed E-state index contributed by atoms with van der Waals surface area (Å²) in [4.78, 5) is 9.62. The predicted molar refractivity (Wildman–Crippen MR) is 24.2 cm³/mol. The summed E-state index contributed by atoms with van der Waals surface area (Å²) in [5, 5.41) is 7.91. The predicted octanol–water partition coefficient (Wildman–Crippen LogP) is -1.40. The van der Waals surface area contributed by atoms with Crippen molar-refractivity contribution in [2.75, 3.05) is 0 Å². The van der Waals surface area contributed by atoms with Gasteiger partial charge in [0.1, 0.15) is 0 Å². The van der Waals surface area contributed by atoms with Gasteiger partial charge in [0.05, 0.1) is 0 Å². The van der Waals surface area contributed by atoms with Crippen LogP contribution in [0.1, 0.15) is 0 Å². The second kappa shape index (κ2) is 2.70. The summed E-state index contributed by atoms with van der Waals surface area (Å²) in [6.07, 6.45) is -0.913. The molecular formula is CH3NO2SeTe. The van der Waals surface area contributed by atoms with E-state index in [0.717, 1.165) is 24.7 Å².